The third kappa shape index (κ3) is 4.90. The maximum atomic E-state index is 5.77. The summed E-state index contributed by atoms with van der Waals surface area (Å²) < 4.78 is 5.66. The van der Waals surface area contributed by atoms with E-state index in [9.17, 15) is 0 Å². The summed E-state index contributed by atoms with van der Waals surface area (Å²) in [5.41, 5.74) is 7.08. The SMILES string of the molecule is CCc1cccc(OCCC[C@@H](N)CS)c1. The quantitative estimate of drug-likeness (QED) is 0.567. The monoisotopic (exact) mass is 239 g/mol. The summed E-state index contributed by atoms with van der Waals surface area (Å²) in [4.78, 5) is 0. The first-order valence-electron chi connectivity index (χ1n) is 5.84. The maximum Gasteiger partial charge on any atom is 0.119 e. The first-order chi connectivity index (χ1) is 7.76. The van der Waals surface area contributed by atoms with Crippen LogP contribution >= 0.6 is 12.6 Å². The van der Waals surface area contributed by atoms with Crippen molar-refractivity contribution in [2.45, 2.75) is 32.2 Å². The van der Waals surface area contributed by atoms with Crippen LogP contribution in [0.2, 0.25) is 0 Å². The van der Waals surface area contributed by atoms with Crippen LogP contribution in [0.4, 0.5) is 0 Å². The summed E-state index contributed by atoms with van der Waals surface area (Å²) >= 11 is 4.15. The number of nitrogens with two attached hydrogens (primary N) is 1. The van der Waals surface area contributed by atoms with E-state index in [4.69, 9.17) is 10.5 Å². The van der Waals surface area contributed by atoms with E-state index in [0.717, 1.165) is 37.4 Å². The summed E-state index contributed by atoms with van der Waals surface area (Å²) in [6.07, 6.45) is 3.00. The van der Waals surface area contributed by atoms with Crippen LogP contribution < -0.4 is 10.5 Å². The topological polar surface area (TPSA) is 35.2 Å². The van der Waals surface area contributed by atoms with Crippen LogP contribution in [0.15, 0.2) is 24.3 Å². The van der Waals surface area contributed by atoms with Crippen molar-refractivity contribution >= 4 is 12.6 Å². The number of hydrogen-bond donors (Lipinski definition) is 2. The molecule has 0 unspecified atom stereocenters. The van der Waals surface area contributed by atoms with Crippen LogP contribution in [-0.2, 0) is 6.42 Å². The zero-order valence-corrected chi connectivity index (χ0v) is 10.7. The molecule has 0 heterocycles. The Kier molecular flexibility index (Phi) is 6.34. The lowest BCUT2D eigenvalue weighted by Gasteiger charge is -2.10. The minimum atomic E-state index is 0.189. The molecule has 0 fully saturated rings. The summed E-state index contributed by atoms with van der Waals surface area (Å²) in [6, 6.07) is 8.43. The van der Waals surface area contributed by atoms with Crippen molar-refractivity contribution < 1.29 is 4.74 Å². The average molecular weight is 239 g/mol. The van der Waals surface area contributed by atoms with Crippen LogP contribution in [0, 0.1) is 0 Å². The second kappa shape index (κ2) is 7.58. The maximum absolute atomic E-state index is 5.77. The van der Waals surface area contributed by atoms with Gasteiger partial charge in [0.2, 0.25) is 0 Å². The van der Waals surface area contributed by atoms with Crippen LogP contribution in [-0.4, -0.2) is 18.4 Å². The number of hydrogen-bond acceptors (Lipinski definition) is 3. The molecule has 0 bridgehead atoms. The number of aryl methyl sites for hydroxylation is 1. The molecule has 0 saturated heterocycles. The molecule has 0 radical (unpaired) electrons. The Labute approximate surface area is 104 Å². The third-order valence-electron chi connectivity index (χ3n) is 2.53. The molecule has 1 aromatic carbocycles. The highest BCUT2D eigenvalue weighted by molar-refractivity contribution is 7.80. The van der Waals surface area contributed by atoms with Crippen LogP contribution in [0.3, 0.4) is 0 Å². The molecule has 90 valence electrons. The van der Waals surface area contributed by atoms with Gasteiger partial charge < -0.3 is 10.5 Å². The Bertz CT molecular complexity index is 304. The number of ether oxygens (including phenoxy) is 1. The van der Waals surface area contributed by atoms with E-state index in [0.29, 0.717) is 0 Å². The smallest absolute Gasteiger partial charge is 0.119 e. The van der Waals surface area contributed by atoms with Crippen LogP contribution in [0.1, 0.15) is 25.3 Å². The molecule has 0 spiro atoms. The molecule has 3 heteroatoms. The van der Waals surface area contributed by atoms with Crippen molar-refractivity contribution in [2.24, 2.45) is 5.73 Å². The van der Waals surface area contributed by atoms with Gasteiger partial charge in [-0.1, -0.05) is 19.1 Å². The Hall–Kier alpha value is -0.670. The lowest BCUT2D eigenvalue weighted by atomic mass is 10.1. The van der Waals surface area contributed by atoms with Gasteiger partial charge in [0, 0.05) is 11.8 Å². The van der Waals surface area contributed by atoms with Gasteiger partial charge in [-0.05, 0) is 37.0 Å². The Balaban J connectivity index is 2.26. The number of rotatable bonds is 7. The predicted molar refractivity (Wildman–Crippen MR) is 72.4 cm³/mol. The van der Waals surface area contributed by atoms with E-state index < -0.39 is 0 Å². The minimum Gasteiger partial charge on any atom is -0.494 e. The van der Waals surface area contributed by atoms with E-state index >= 15 is 0 Å². The van der Waals surface area contributed by atoms with Gasteiger partial charge in [-0.3, -0.25) is 0 Å². The number of thiol groups is 1. The van der Waals surface area contributed by atoms with Crippen molar-refractivity contribution in [3.63, 3.8) is 0 Å². The van der Waals surface area contributed by atoms with Crippen molar-refractivity contribution in [3.05, 3.63) is 29.8 Å². The van der Waals surface area contributed by atoms with Gasteiger partial charge in [-0.25, -0.2) is 0 Å². The fourth-order valence-electron chi connectivity index (χ4n) is 1.48. The van der Waals surface area contributed by atoms with Crippen LogP contribution in [0.25, 0.3) is 0 Å². The molecule has 2 N–H and O–H groups in total. The second-order valence-electron chi connectivity index (χ2n) is 3.93. The standard InChI is InChI=1S/C13H21NOS/c1-2-11-5-3-7-13(9-11)15-8-4-6-12(14)10-16/h3,5,7,9,12,16H,2,4,6,8,10,14H2,1H3/t12-/m1/s1. The molecule has 2 nitrogen and oxygen atoms in total. The highest BCUT2D eigenvalue weighted by atomic mass is 32.1. The molecular weight excluding hydrogens is 218 g/mol. The molecule has 0 aliphatic rings. The molecule has 1 aromatic rings. The van der Waals surface area contributed by atoms with E-state index in [2.05, 4.69) is 31.7 Å². The highest BCUT2D eigenvalue weighted by Crippen LogP contribution is 2.14. The lowest BCUT2D eigenvalue weighted by Crippen LogP contribution is -2.22. The van der Waals surface area contributed by atoms with Gasteiger partial charge in [0.05, 0.1) is 6.61 Å². The van der Waals surface area contributed by atoms with Gasteiger partial charge in [-0.2, -0.15) is 12.6 Å². The van der Waals surface area contributed by atoms with Gasteiger partial charge in [0.25, 0.3) is 0 Å². The third-order valence-corrected chi connectivity index (χ3v) is 3.00. The van der Waals surface area contributed by atoms with Crippen molar-refractivity contribution in [2.75, 3.05) is 12.4 Å². The Morgan fingerprint density at radius 1 is 1.44 bits per heavy atom. The lowest BCUT2D eigenvalue weighted by molar-refractivity contribution is 0.303. The van der Waals surface area contributed by atoms with E-state index in [1.54, 1.807) is 0 Å². The fraction of sp³-hybridized carbons (Fsp3) is 0.538. The molecule has 1 rings (SSSR count). The average Bonchev–Trinajstić information content (AvgIpc) is 2.34. The normalized spacial score (nSPS) is 12.4. The van der Waals surface area contributed by atoms with Crippen molar-refractivity contribution in [1.29, 1.82) is 0 Å². The molecule has 0 amide bonds. The Morgan fingerprint density at radius 3 is 2.94 bits per heavy atom. The second-order valence-corrected chi connectivity index (χ2v) is 4.30. The van der Waals surface area contributed by atoms with Crippen LogP contribution in [0.5, 0.6) is 5.75 Å². The molecule has 0 aliphatic carbocycles. The molecule has 16 heavy (non-hydrogen) atoms. The van der Waals surface area contributed by atoms with E-state index in [1.165, 1.54) is 5.56 Å². The van der Waals surface area contributed by atoms with Gasteiger partial charge >= 0.3 is 0 Å². The molecule has 0 saturated carbocycles. The Morgan fingerprint density at radius 2 is 2.25 bits per heavy atom. The minimum absolute atomic E-state index is 0.189. The van der Waals surface area contributed by atoms with Gasteiger partial charge in [0.15, 0.2) is 0 Å². The van der Waals surface area contributed by atoms with Gasteiger partial charge in [-0.15, -0.1) is 0 Å². The van der Waals surface area contributed by atoms with E-state index in [-0.39, 0.29) is 6.04 Å². The zero-order chi connectivity index (χ0) is 11.8. The van der Waals surface area contributed by atoms with Crippen molar-refractivity contribution in [1.82, 2.24) is 0 Å². The highest BCUT2D eigenvalue weighted by Gasteiger charge is 2.00. The predicted octanol–water partition coefficient (Wildman–Crippen LogP) is 2.67. The van der Waals surface area contributed by atoms with E-state index in [1.807, 2.05) is 12.1 Å². The first kappa shape index (κ1) is 13.4. The first-order valence-corrected chi connectivity index (χ1v) is 6.47. The van der Waals surface area contributed by atoms with Crippen molar-refractivity contribution in [3.8, 4) is 5.75 Å². The summed E-state index contributed by atoms with van der Waals surface area (Å²) in [5, 5.41) is 0. The summed E-state index contributed by atoms with van der Waals surface area (Å²) in [7, 11) is 0. The molecule has 0 aliphatic heterocycles. The largest absolute Gasteiger partial charge is 0.494 e. The molecule has 1 atom stereocenters. The molecule has 0 aromatic heterocycles. The zero-order valence-electron chi connectivity index (χ0n) is 9.86. The summed E-state index contributed by atoms with van der Waals surface area (Å²) in [6.45, 7) is 2.87. The van der Waals surface area contributed by atoms with Gasteiger partial charge in [0.1, 0.15) is 5.75 Å². The number of benzene rings is 1. The fourth-order valence-corrected chi connectivity index (χ4v) is 1.66. The molecular formula is C13H21NOS. The summed E-state index contributed by atoms with van der Waals surface area (Å²) in [5.74, 6) is 1.70.